The summed E-state index contributed by atoms with van der Waals surface area (Å²) in [5, 5.41) is 16.9. The highest BCUT2D eigenvalue weighted by Crippen LogP contribution is 2.27. The highest BCUT2D eigenvalue weighted by molar-refractivity contribution is 5.92. The second-order valence-corrected chi connectivity index (χ2v) is 6.84. The minimum Gasteiger partial charge on any atom is -0.497 e. The number of fused-ring (bicyclic) bond motifs is 3. The molecule has 0 amide bonds. The molecule has 0 saturated carbocycles. The van der Waals surface area contributed by atoms with Gasteiger partial charge in [-0.05, 0) is 24.6 Å². The van der Waals surface area contributed by atoms with E-state index in [1.54, 1.807) is 26.4 Å². The molecule has 2 aromatic carbocycles. The molecule has 0 aliphatic carbocycles. The largest absolute Gasteiger partial charge is 0.497 e. The van der Waals surface area contributed by atoms with Gasteiger partial charge in [-0.3, -0.25) is 0 Å². The first-order valence-electron chi connectivity index (χ1n) is 9.64. The monoisotopic (exact) mass is 429 g/mol. The Hall–Kier alpha value is -3.53. The SMILES string of the molecule is COc1ccc(CNc2nc3c(F)cc(F)cc3c3nc(CCCO)nn23)c(OC)c1. The number of aromatic nitrogens is 4. The third kappa shape index (κ3) is 4.06. The summed E-state index contributed by atoms with van der Waals surface area (Å²) in [6.45, 7) is 0.287. The summed E-state index contributed by atoms with van der Waals surface area (Å²) in [5.74, 6) is 0.437. The number of methoxy groups -OCH3 is 2. The molecular formula is C21H21F2N5O3. The van der Waals surface area contributed by atoms with Crippen LogP contribution in [0.3, 0.4) is 0 Å². The van der Waals surface area contributed by atoms with E-state index < -0.39 is 11.6 Å². The van der Waals surface area contributed by atoms with Gasteiger partial charge in [0.25, 0.3) is 0 Å². The summed E-state index contributed by atoms with van der Waals surface area (Å²) in [7, 11) is 3.12. The van der Waals surface area contributed by atoms with Crippen LogP contribution in [0.15, 0.2) is 30.3 Å². The number of hydrogen-bond acceptors (Lipinski definition) is 7. The van der Waals surface area contributed by atoms with E-state index in [1.807, 2.05) is 6.07 Å². The number of benzene rings is 2. The summed E-state index contributed by atoms with van der Waals surface area (Å²) in [6.07, 6.45) is 0.889. The van der Waals surface area contributed by atoms with Crippen LogP contribution < -0.4 is 14.8 Å². The van der Waals surface area contributed by atoms with Gasteiger partial charge >= 0.3 is 0 Å². The van der Waals surface area contributed by atoms with E-state index >= 15 is 0 Å². The molecule has 0 aliphatic rings. The highest BCUT2D eigenvalue weighted by Gasteiger charge is 2.17. The molecule has 0 saturated heterocycles. The molecule has 0 unspecified atom stereocenters. The maximum atomic E-state index is 14.5. The Morgan fingerprint density at radius 2 is 1.94 bits per heavy atom. The Morgan fingerprint density at radius 1 is 1.10 bits per heavy atom. The smallest absolute Gasteiger partial charge is 0.226 e. The van der Waals surface area contributed by atoms with E-state index in [9.17, 15) is 8.78 Å². The standard InChI is InChI=1S/C21H21F2N5O3/c1-30-14-6-5-12(17(10-14)31-2)11-24-21-26-19-15(8-13(22)9-16(19)23)20-25-18(4-3-7-29)27-28(20)21/h5-6,8-10,29H,3-4,7,11H2,1-2H3,(H,24,26). The van der Waals surface area contributed by atoms with Crippen molar-refractivity contribution in [2.45, 2.75) is 19.4 Å². The molecule has 4 rings (SSSR count). The average Bonchev–Trinajstić information content (AvgIpc) is 3.21. The summed E-state index contributed by atoms with van der Waals surface area (Å²) >= 11 is 0. The van der Waals surface area contributed by atoms with Crippen molar-refractivity contribution in [1.29, 1.82) is 0 Å². The van der Waals surface area contributed by atoms with Gasteiger partial charge in [0.05, 0.1) is 19.6 Å². The third-order valence-corrected chi connectivity index (χ3v) is 4.83. The van der Waals surface area contributed by atoms with Crippen molar-refractivity contribution in [3.8, 4) is 11.5 Å². The average molecular weight is 429 g/mol. The molecule has 8 nitrogen and oxygen atoms in total. The maximum Gasteiger partial charge on any atom is 0.226 e. The van der Waals surface area contributed by atoms with Gasteiger partial charge < -0.3 is 19.9 Å². The molecule has 0 aliphatic heterocycles. The molecule has 31 heavy (non-hydrogen) atoms. The van der Waals surface area contributed by atoms with E-state index in [4.69, 9.17) is 14.6 Å². The molecule has 10 heteroatoms. The lowest BCUT2D eigenvalue weighted by Crippen LogP contribution is -2.09. The summed E-state index contributed by atoms with van der Waals surface area (Å²) < 4.78 is 40.4. The van der Waals surface area contributed by atoms with Gasteiger partial charge in [0.1, 0.15) is 22.8 Å². The Balaban J connectivity index is 1.78. The van der Waals surface area contributed by atoms with Crippen LogP contribution in [0.5, 0.6) is 11.5 Å². The minimum atomic E-state index is -0.789. The second kappa shape index (κ2) is 8.68. The zero-order valence-electron chi connectivity index (χ0n) is 17.0. The summed E-state index contributed by atoms with van der Waals surface area (Å²) in [6, 6.07) is 7.36. The van der Waals surface area contributed by atoms with Crippen LogP contribution in [0.1, 0.15) is 17.8 Å². The van der Waals surface area contributed by atoms with Crippen LogP contribution in [-0.4, -0.2) is 45.5 Å². The molecule has 0 bridgehead atoms. The highest BCUT2D eigenvalue weighted by atomic mass is 19.1. The first-order chi connectivity index (χ1) is 15.0. The van der Waals surface area contributed by atoms with Crippen molar-refractivity contribution in [1.82, 2.24) is 19.6 Å². The molecule has 4 aromatic rings. The van der Waals surface area contributed by atoms with Crippen molar-refractivity contribution in [2.75, 3.05) is 26.1 Å². The van der Waals surface area contributed by atoms with E-state index in [0.717, 1.165) is 11.6 Å². The van der Waals surface area contributed by atoms with Crippen LogP contribution >= 0.6 is 0 Å². The fraction of sp³-hybridized carbons (Fsp3) is 0.286. The first-order valence-corrected chi connectivity index (χ1v) is 9.64. The topological polar surface area (TPSA) is 93.8 Å². The van der Waals surface area contributed by atoms with E-state index in [1.165, 1.54) is 10.6 Å². The summed E-state index contributed by atoms with van der Waals surface area (Å²) in [5.41, 5.74) is 1.08. The lowest BCUT2D eigenvalue weighted by Gasteiger charge is -2.13. The van der Waals surface area contributed by atoms with Crippen LogP contribution in [0.2, 0.25) is 0 Å². The molecule has 2 N–H and O–H groups in total. The molecule has 162 valence electrons. The van der Waals surface area contributed by atoms with Gasteiger partial charge in [-0.15, -0.1) is 5.10 Å². The number of ether oxygens (including phenoxy) is 2. The fourth-order valence-electron chi connectivity index (χ4n) is 3.31. The van der Waals surface area contributed by atoms with Crippen molar-refractivity contribution in [3.05, 3.63) is 53.4 Å². The third-order valence-electron chi connectivity index (χ3n) is 4.83. The Morgan fingerprint density at radius 3 is 2.68 bits per heavy atom. The van der Waals surface area contributed by atoms with Crippen molar-refractivity contribution in [2.24, 2.45) is 0 Å². The Bertz CT molecular complexity index is 1250. The lowest BCUT2D eigenvalue weighted by molar-refractivity contribution is 0.287. The predicted octanol–water partition coefficient (Wildman–Crippen LogP) is 3.11. The van der Waals surface area contributed by atoms with Crippen LogP contribution in [0.25, 0.3) is 16.6 Å². The zero-order chi connectivity index (χ0) is 22.0. The second-order valence-electron chi connectivity index (χ2n) is 6.84. The number of aliphatic hydroxyl groups is 1. The molecular weight excluding hydrogens is 408 g/mol. The number of nitrogens with one attached hydrogen (secondary N) is 1. The molecule has 0 radical (unpaired) electrons. The number of halogens is 2. The number of anilines is 1. The van der Waals surface area contributed by atoms with Crippen LogP contribution in [0, 0.1) is 11.6 Å². The quantitative estimate of drug-likeness (QED) is 0.445. The van der Waals surface area contributed by atoms with Crippen molar-refractivity contribution >= 4 is 22.5 Å². The predicted molar refractivity (Wildman–Crippen MR) is 110 cm³/mol. The van der Waals surface area contributed by atoms with Gasteiger partial charge in [0, 0.05) is 37.3 Å². The number of aryl methyl sites for hydroxylation is 1. The first kappa shape index (κ1) is 20.7. The molecule has 0 fully saturated rings. The molecule has 2 aromatic heterocycles. The summed E-state index contributed by atoms with van der Waals surface area (Å²) in [4.78, 5) is 8.75. The van der Waals surface area contributed by atoms with Gasteiger partial charge in [-0.1, -0.05) is 0 Å². The minimum absolute atomic E-state index is 0.0137. The fourth-order valence-corrected chi connectivity index (χ4v) is 3.31. The van der Waals surface area contributed by atoms with Gasteiger partial charge in [-0.2, -0.15) is 4.52 Å². The van der Waals surface area contributed by atoms with E-state index in [2.05, 4.69) is 20.4 Å². The Labute approximate surface area is 176 Å². The Kier molecular flexibility index (Phi) is 5.81. The maximum absolute atomic E-state index is 14.5. The molecule has 0 atom stereocenters. The number of nitrogens with zero attached hydrogens (tertiary/aromatic N) is 4. The van der Waals surface area contributed by atoms with Crippen LogP contribution in [0.4, 0.5) is 14.7 Å². The lowest BCUT2D eigenvalue weighted by atomic mass is 10.2. The van der Waals surface area contributed by atoms with Crippen molar-refractivity contribution < 1.29 is 23.4 Å². The normalized spacial score (nSPS) is 11.3. The van der Waals surface area contributed by atoms with Crippen molar-refractivity contribution in [3.63, 3.8) is 0 Å². The zero-order valence-corrected chi connectivity index (χ0v) is 17.0. The molecule has 2 heterocycles. The van der Waals surface area contributed by atoms with Gasteiger partial charge in [0.2, 0.25) is 5.95 Å². The van der Waals surface area contributed by atoms with E-state index in [-0.39, 0.29) is 29.1 Å². The number of aliphatic hydroxyl groups excluding tert-OH is 1. The number of rotatable bonds is 8. The van der Waals surface area contributed by atoms with E-state index in [0.29, 0.717) is 36.7 Å². The van der Waals surface area contributed by atoms with Gasteiger partial charge in [0.15, 0.2) is 17.3 Å². The van der Waals surface area contributed by atoms with Gasteiger partial charge in [-0.25, -0.2) is 18.7 Å². The number of hydrogen-bond donors (Lipinski definition) is 2. The van der Waals surface area contributed by atoms with Crippen LogP contribution in [-0.2, 0) is 13.0 Å². The molecule has 0 spiro atoms.